The second-order valence-electron chi connectivity index (χ2n) is 7.07. The van der Waals surface area contributed by atoms with Crippen LogP contribution in [0.2, 0.25) is 0 Å². The van der Waals surface area contributed by atoms with Crippen molar-refractivity contribution in [1.29, 1.82) is 0 Å². The molecule has 3 N–H and O–H groups in total. The fourth-order valence-corrected chi connectivity index (χ4v) is 4.10. The molecule has 1 amide bonds. The van der Waals surface area contributed by atoms with Crippen molar-refractivity contribution in [3.8, 4) is 16.9 Å². The molecule has 0 heterocycles. The third kappa shape index (κ3) is 4.77. The van der Waals surface area contributed by atoms with Gasteiger partial charge in [0.05, 0.1) is 0 Å². The Morgan fingerprint density at radius 2 is 1.61 bits per heavy atom. The molecule has 0 saturated carbocycles. The maximum atomic E-state index is 12.7. The minimum Gasteiger partial charge on any atom is -0.449 e. The summed E-state index contributed by atoms with van der Waals surface area (Å²) in [6, 6.07) is 19.9. The van der Waals surface area contributed by atoms with Crippen molar-refractivity contribution >= 4 is 22.3 Å². The van der Waals surface area contributed by atoms with E-state index >= 15 is 0 Å². The minimum absolute atomic E-state index is 0.00952. The fraction of sp³-hybridized carbons (Fsp3) is 0.136. The van der Waals surface area contributed by atoms with E-state index in [4.69, 9.17) is 10.5 Å². The van der Waals surface area contributed by atoms with E-state index in [1.807, 2.05) is 48.5 Å². The van der Waals surface area contributed by atoms with E-state index in [1.54, 1.807) is 0 Å². The minimum atomic E-state index is -5.18. The van der Waals surface area contributed by atoms with Gasteiger partial charge in [-0.15, -0.1) is 0 Å². The van der Waals surface area contributed by atoms with Crippen LogP contribution in [-0.4, -0.2) is 21.1 Å². The molecule has 0 aliphatic heterocycles. The molecule has 31 heavy (non-hydrogen) atoms. The molecule has 3 aromatic carbocycles. The highest BCUT2D eigenvalue weighted by Gasteiger charge is 2.28. The number of nitrogens with one attached hydrogen (secondary N) is 1. The maximum Gasteiger partial charge on any atom is 0.488 e. The van der Waals surface area contributed by atoms with Gasteiger partial charge in [-0.3, -0.25) is 0 Å². The van der Waals surface area contributed by atoms with Crippen LogP contribution in [0.5, 0.6) is 5.75 Å². The van der Waals surface area contributed by atoms with Crippen molar-refractivity contribution in [2.24, 2.45) is 0 Å². The van der Waals surface area contributed by atoms with E-state index in [0.717, 1.165) is 28.3 Å². The van der Waals surface area contributed by atoms with Gasteiger partial charge < -0.3 is 20.0 Å². The SMILES string of the molecule is Nc1cc(CNC(=O)OCC2c3ccccc3-c3ccccc32)cc(OS(=O)(=O)F)c1. The first-order chi connectivity index (χ1) is 14.8. The number of amides is 1. The Hall–Kier alpha value is -3.59. The number of rotatable bonds is 6. The number of carbonyl (C=O) groups is 1. The summed E-state index contributed by atoms with van der Waals surface area (Å²) in [6.45, 7) is 0.148. The lowest BCUT2D eigenvalue weighted by atomic mass is 9.98. The van der Waals surface area contributed by atoms with Crippen LogP contribution in [0.15, 0.2) is 66.7 Å². The fourth-order valence-electron chi connectivity index (χ4n) is 3.77. The second-order valence-corrected chi connectivity index (χ2v) is 8.02. The number of benzene rings is 3. The number of alkyl carbamates (subject to hydrolysis) is 1. The van der Waals surface area contributed by atoms with Gasteiger partial charge in [0, 0.05) is 24.2 Å². The van der Waals surface area contributed by atoms with Crippen LogP contribution in [0.3, 0.4) is 0 Å². The van der Waals surface area contributed by atoms with Crippen molar-refractivity contribution in [1.82, 2.24) is 5.32 Å². The van der Waals surface area contributed by atoms with Crippen LogP contribution in [0.25, 0.3) is 11.1 Å². The van der Waals surface area contributed by atoms with Crippen LogP contribution in [0.4, 0.5) is 14.4 Å². The largest absolute Gasteiger partial charge is 0.488 e. The van der Waals surface area contributed by atoms with E-state index in [9.17, 15) is 17.1 Å². The summed E-state index contributed by atoms with van der Waals surface area (Å²) in [5, 5.41) is 2.57. The zero-order valence-corrected chi connectivity index (χ0v) is 17.1. The number of hydrogen-bond acceptors (Lipinski definition) is 6. The van der Waals surface area contributed by atoms with Crippen LogP contribution in [-0.2, 0) is 21.8 Å². The van der Waals surface area contributed by atoms with Crippen LogP contribution in [0.1, 0.15) is 22.6 Å². The number of hydrogen-bond donors (Lipinski definition) is 2. The summed E-state index contributed by atoms with van der Waals surface area (Å²) in [5.41, 5.74) is 10.7. The Kier molecular flexibility index (Phi) is 5.51. The molecule has 0 radical (unpaired) electrons. The summed E-state index contributed by atoms with van der Waals surface area (Å²) >= 11 is 0. The Labute approximate surface area is 179 Å². The van der Waals surface area contributed by atoms with Gasteiger partial charge in [-0.1, -0.05) is 52.4 Å². The highest BCUT2D eigenvalue weighted by molar-refractivity contribution is 7.81. The third-order valence-electron chi connectivity index (χ3n) is 4.96. The quantitative estimate of drug-likeness (QED) is 0.443. The molecule has 0 saturated heterocycles. The van der Waals surface area contributed by atoms with Crippen molar-refractivity contribution < 1.29 is 26.0 Å². The molecule has 0 fully saturated rings. The lowest BCUT2D eigenvalue weighted by Gasteiger charge is -2.15. The number of nitrogen functional groups attached to an aromatic ring is 1. The number of halogens is 1. The van der Waals surface area contributed by atoms with Crippen LogP contribution >= 0.6 is 0 Å². The molecular weight excluding hydrogens is 423 g/mol. The molecule has 4 rings (SSSR count). The Balaban J connectivity index is 1.40. The lowest BCUT2D eigenvalue weighted by Crippen LogP contribution is -2.25. The summed E-state index contributed by atoms with van der Waals surface area (Å²) < 4.78 is 43.7. The predicted molar refractivity (Wildman–Crippen MR) is 113 cm³/mol. The molecular formula is C22H19FN2O5S. The zero-order chi connectivity index (χ0) is 22.0. The Morgan fingerprint density at radius 3 is 2.23 bits per heavy atom. The molecule has 0 unspecified atom stereocenters. The van der Waals surface area contributed by atoms with Crippen molar-refractivity contribution in [2.75, 3.05) is 12.3 Å². The summed E-state index contributed by atoms with van der Waals surface area (Å²) in [6.07, 6.45) is -0.648. The first-order valence-electron chi connectivity index (χ1n) is 9.42. The van der Waals surface area contributed by atoms with Gasteiger partial charge in [-0.2, -0.15) is 8.42 Å². The van der Waals surface area contributed by atoms with Crippen molar-refractivity contribution in [3.05, 3.63) is 83.4 Å². The van der Waals surface area contributed by atoms with E-state index in [2.05, 4.69) is 9.50 Å². The highest BCUT2D eigenvalue weighted by Crippen LogP contribution is 2.44. The monoisotopic (exact) mass is 442 g/mol. The molecule has 0 atom stereocenters. The van der Waals surface area contributed by atoms with E-state index in [0.29, 0.717) is 5.56 Å². The molecule has 9 heteroatoms. The first kappa shape index (κ1) is 20.7. The van der Waals surface area contributed by atoms with Gasteiger partial charge >= 0.3 is 16.6 Å². The van der Waals surface area contributed by atoms with Crippen molar-refractivity contribution in [3.63, 3.8) is 0 Å². The topological polar surface area (TPSA) is 108 Å². The Morgan fingerprint density at radius 1 is 1.00 bits per heavy atom. The normalized spacial score (nSPS) is 12.7. The van der Waals surface area contributed by atoms with Crippen LogP contribution in [0, 0.1) is 0 Å². The number of nitrogens with two attached hydrogens (primary N) is 1. The van der Waals surface area contributed by atoms with Gasteiger partial charge in [0.15, 0.2) is 0 Å². The third-order valence-corrected chi connectivity index (χ3v) is 5.36. The smallest absolute Gasteiger partial charge is 0.449 e. The van der Waals surface area contributed by atoms with Gasteiger partial charge in [0.25, 0.3) is 0 Å². The molecule has 0 spiro atoms. The number of carbonyl (C=O) groups excluding carboxylic acids is 1. The second kappa shape index (κ2) is 8.27. The van der Waals surface area contributed by atoms with E-state index < -0.39 is 16.6 Å². The van der Waals surface area contributed by atoms with Gasteiger partial charge in [0.1, 0.15) is 12.4 Å². The molecule has 0 aromatic heterocycles. The maximum absolute atomic E-state index is 12.7. The summed E-state index contributed by atoms with van der Waals surface area (Å²) in [7, 11) is -5.18. The average molecular weight is 442 g/mol. The number of fused-ring (bicyclic) bond motifs is 3. The van der Waals surface area contributed by atoms with Gasteiger partial charge in [-0.25, -0.2) is 4.79 Å². The zero-order valence-electron chi connectivity index (χ0n) is 16.2. The van der Waals surface area contributed by atoms with E-state index in [1.165, 1.54) is 12.1 Å². The van der Waals surface area contributed by atoms with Gasteiger partial charge in [0.2, 0.25) is 0 Å². The Bertz CT molecular complexity index is 1200. The van der Waals surface area contributed by atoms with E-state index in [-0.39, 0.29) is 30.5 Å². The molecule has 3 aromatic rings. The lowest BCUT2D eigenvalue weighted by molar-refractivity contribution is 0.142. The molecule has 7 nitrogen and oxygen atoms in total. The van der Waals surface area contributed by atoms with Gasteiger partial charge in [-0.05, 0) is 39.9 Å². The standard InChI is InChI=1S/C22H19FN2O5S/c23-31(27,28)30-16-10-14(9-15(24)11-16)12-25-22(26)29-13-21-19-7-3-1-5-17(19)18-6-2-4-8-20(18)21/h1-11,21H,12-13,24H2,(H,25,26). The molecule has 0 bridgehead atoms. The first-order valence-corrected chi connectivity index (χ1v) is 10.7. The summed E-state index contributed by atoms with van der Waals surface area (Å²) in [4.78, 5) is 12.2. The predicted octanol–water partition coefficient (Wildman–Crippen LogP) is 3.90. The number of ether oxygens (including phenoxy) is 1. The molecule has 1 aliphatic rings. The summed E-state index contributed by atoms with van der Waals surface area (Å²) in [5.74, 6) is -0.355. The van der Waals surface area contributed by atoms with Crippen molar-refractivity contribution in [2.45, 2.75) is 12.5 Å². The molecule has 160 valence electrons. The van der Waals surface area contributed by atoms with Crippen LogP contribution < -0.4 is 15.2 Å². The molecule has 1 aliphatic carbocycles. The highest BCUT2D eigenvalue weighted by atomic mass is 32.3. The number of anilines is 1. The average Bonchev–Trinajstić information content (AvgIpc) is 3.03.